The molecule has 0 heterocycles. The van der Waals surface area contributed by atoms with Crippen LogP contribution in [0, 0.1) is 0 Å². The minimum atomic E-state index is -4.90. The van der Waals surface area contributed by atoms with E-state index < -0.39 is 52.1 Å². The van der Waals surface area contributed by atoms with Crippen molar-refractivity contribution < 1.29 is 34.8 Å². The van der Waals surface area contributed by atoms with Crippen LogP contribution in [0.3, 0.4) is 0 Å². The van der Waals surface area contributed by atoms with Crippen molar-refractivity contribution in [2.75, 3.05) is 6.26 Å². The van der Waals surface area contributed by atoms with Crippen LogP contribution in [0.5, 0.6) is 0 Å². The molecule has 2 rings (SSSR count). The highest BCUT2D eigenvalue weighted by Gasteiger charge is 2.49. The molecular formula is C15H11F6O2S2+. The van der Waals surface area contributed by atoms with Crippen molar-refractivity contribution in [1.82, 2.24) is 0 Å². The summed E-state index contributed by atoms with van der Waals surface area (Å²) in [6.07, 6.45) is -9.18. The summed E-state index contributed by atoms with van der Waals surface area (Å²) >= 11 is 0. The fraction of sp³-hybridized carbons (Fsp3) is 0.200. The first-order chi connectivity index (χ1) is 11.3. The van der Waals surface area contributed by atoms with Crippen LogP contribution in [0.25, 0.3) is 0 Å². The molecule has 0 fully saturated rings. The molecule has 0 spiro atoms. The summed E-state index contributed by atoms with van der Waals surface area (Å²) in [5, 5.41) is 0. The number of hydrogen-bond donors (Lipinski definition) is 0. The third kappa shape index (κ3) is 4.30. The van der Waals surface area contributed by atoms with Crippen molar-refractivity contribution in [3.8, 4) is 0 Å². The molecule has 0 bridgehead atoms. The van der Waals surface area contributed by atoms with Gasteiger partial charge in [0.15, 0.2) is 19.7 Å². The first kappa shape index (κ1) is 19.6. The minimum absolute atomic E-state index is 0.621. The highest BCUT2D eigenvalue weighted by molar-refractivity contribution is 8.69. The van der Waals surface area contributed by atoms with Crippen LogP contribution in [0.2, 0.25) is 0 Å². The van der Waals surface area contributed by atoms with Crippen molar-refractivity contribution in [3.63, 3.8) is 0 Å². The molecule has 2 aromatic rings. The van der Waals surface area contributed by atoms with Crippen molar-refractivity contribution in [2.24, 2.45) is 0 Å². The van der Waals surface area contributed by atoms with Crippen molar-refractivity contribution >= 4 is 18.8 Å². The summed E-state index contributed by atoms with van der Waals surface area (Å²) < 4.78 is 104. The van der Waals surface area contributed by atoms with Crippen LogP contribution in [-0.4, -0.2) is 14.7 Å². The lowest BCUT2D eigenvalue weighted by atomic mass is 10.2. The number of rotatable bonds is 3. The zero-order valence-electron chi connectivity index (χ0n) is 12.5. The minimum Gasteiger partial charge on any atom is -0.177 e. The quantitative estimate of drug-likeness (QED) is 0.424. The molecule has 0 aliphatic rings. The lowest BCUT2D eigenvalue weighted by Crippen LogP contribution is -2.23. The van der Waals surface area contributed by atoms with E-state index in [-0.39, 0.29) is 0 Å². The molecule has 0 saturated heterocycles. The molecule has 0 saturated carbocycles. The maximum absolute atomic E-state index is 13.2. The van der Waals surface area contributed by atoms with Crippen LogP contribution < -0.4 is 0 Å². The molecule has 0 aliphatic heterocycles. The van der Waals surface area contributed by atoms with Gasteiger partial charge in [-0.25, -0.2) is 0 Å². The summed E-state index contributed by atoms with van der Waals surface area (Å²) in [7, 11) is -6.76. The van der Waals surface area contributed by atoms with Gasteiger partial charge in [0.25, 0.3) is 0 Å². The Kier molecular flexibility index (Phi) is 5.16. The molecule has 0 N–H and O–H groups in total. The fourth-order valence-electron chi connectivity index (χ4n) is 2.17. The summed E-state index contributed by atoms with van der Waals surface area (Å²) in [6, 6.07) is 7.49. The number of alkyl halides is 6. The van der Waals surface area contributed by atoms with Gasteiger partial charge in [0.05, 0.1) is 6.26 Å². The Hall–Kier alpha value is -1.68. The maximum Gasteiger partial charge on any atom is 0.421 e. The highest BCUT2D eigenvalue weighted by atomic mass is 33.2. The van der Waals surface area contributed by atoms with Gasteiger partial charge >= 0.3 is 21.2 Å². The van der Waals surface area contributed by atoms with Crippen LogP contribution >= 0.6 is 0 Å². The number of hydrogen-bond acceptors (Lipinski definition) is 2. The monoisotopic (exact) mass is 401 g/mol. The second-order valence-electron chi connectivity index (χ2n) is 4.96. The third-order valence-corrected chi connectivity index (χ3v) is 8.10. The first-order valence-electron chi connectivity index (χ1n) is 6.61. The fourth-order valence-corrected chi connectivity index (χ4v) is 7.06. The molecule has 2 nitrogen and oxygen atoms in total. The molecule has 0 aliphatic carbocycles. The zero-order valence-corrected chi connectivity index (χ0v) is 14.2. The molecule has 25 heavy (non-hydrogen) atoms. The second-order valence-corrected chi connectivity index (χ2v) is 10.6. The van der Waals surface area contributed by atoms with Crippen LogP contribution in [0.15, 0.2) is 58.3 Å². The SMILES string of the molecule is CS(=O)(=O)[S+](c1ccccc1C(F)(F)F)c1ccccc1C(F)(F)F. The van der Waals surface area contributed by atoms with Crippen LogP contribution in [0.4, 0.5) is 26.3 Å². The summed E-state index contributed by atoms with van der Waals surface area (Å²) in [5.74, 6) is 0. The average molecular weight is 401 g/mol. The van der Waals surface area contributed by atoms with E-state index in [0.29, 0.717) is 18.4 Å². The van der Waals surface area contributed by atoms with Gasteiger partial charge in [0.1, 0.15) is 11.1 Å². The van der Waals surface area contributed by atoms with Crippen LogP contribution in [0.1, 0.15) is 11.1 Å². The largest absolute Gasteiger partial charge is 0.421 e. The van der Waals surface area contributed by atoms with E-state index in [0.717, 1.165) is 36.4 Å². The molecule has 10 heteroatoms. The van der Waals surface area contributed by atoms with Gasteiger partial charge in [-0.05, 0) is 24.3 Å². The summed E-state index contributed by atoms with van der Waals surface area (Å²) in [5.41, 5.74) is -2.55. The van der Waals surface area contributed by atoms with Gasteiger partial charge in [-0.15, -0.1) is 0 Å². The molecule has 0 amide bonds. The predicted molar refractivity (Wildman–Crippen MR) is 81.6 cm³/mol. The van der Waals surface area contributed by atoms with E-state index in [2.05, 4.69) is 0 Å². The molecular weight excluding hydrogens is 390 g/mol. The van der Waals surface area contributed by atoms with E-state index in [1.807, 2.05) is 0 Å². The lowest BCUT2D eigenvalue weighted by Gasteiger charge is -2.15. The third-order valence-electron chi connectivity index (χ3n) is 3.09. The zero-order chi connectivity index (χ0) is 19.0. The van der Waals surface area contributed by atoms with Gasteiger partial charge in [-0.3, -0.25) is 0 Å². The summed E-state index contributed by atoms with van der Waals surface area (Å²) in [6.45, 7) is 0. The number of halogens is 6. The Morgan fingerprint density at radius 1 is 0.720 bits per heavy atom. The number of benzene rings is 2. The molecule has 0 aromatic heterocycles. The lowest BCUT2D eigenvalue weighted by molar-refractivity contribution is -0.140. The van der Waals surface area contributed by atoms with E-state index in [9.17, 15) is 34.8 Å². The predicted octanol–water partition coefficient (Wildman–Crippen LogP) is 4.72. The Bertz CT molecular complexity index is 815. The van der Waals surface area contributed by atoms with Crippen molar-refractivity contribution in [2.45, 2.75) is 22.1 Å². The normalized spacial score (nSPS) is 13.3. The standard InChI is InChI=1S/C15H11F6O2S2/c1-25(22,23)24(12-8-4-2-6-10(12)14(16,17)18)13-9-5-3-7-11(13)15(19,20)21/h2-9H,1H3/q+1. The van der Waals surface area contributed by atoms with Crippen LogP contribution in [-0.2, 0) is 31.1 Å². The van der Waals surface area contributed by atoms with Gasteiger partial charge in [-0.1, -0.05) is 24.3 Å². The Morgan fingerprint density at radius 2 is 1.04 bits per heavy atom. The summed E-state index contributed by atoms with van der Waals surface area (Å²) in [4.78, 5) is -1.43. The molecule has 2 aromatic carbocycles. The molecule has 0 radical (unpaired) electrons. The van der Waals surface area contributed by atoms with E-state index in [1.54, 1.807) is 0 Å². The van der Waals surface area contributed by atoms with Crippen molar-refractivity contribution in [3.05, 3.63) is 59.7 Å². The van der Waals surface area contributed by atoms with E-state index >= 15 is 0 Å². The van der Waals surface area contributed by atoms with Gasteiger partial charge < -0.3 is 0 Å². The molecule has 0 unspecified atom stereocenters. The van der Waals surface area contributed by atoms with Gasteiger partial charge in [-0.2, -0.15) is 34.8 Å². The second kappa shape index (κ2) is 6.56. The average Bonchev–Trinajstić information content (AvgIpc) is 2.45. The van der Waals surface area contributed by atoms with Gasteiger partial charge in [0.2, 0.25) is 0 Å². The molecule has 136 valence electrons. The molecule has 0 atom stereocenters. The van der Waals surface area contributed by atoms with Gasteiger partial charge in [0, 0.05) is 0 Å². The van der Waals surface area contributed by atoms with Crippen molar-refractivity contribution in [1.29, 1.82) is 0 Å². The maximum atomic E-state index is 13.2. The topological polar surface area (TPSA) is 34.1 Å². The van der Waals surface area contributed by atoms with E-state index in [4.69, 9.17) is 0 Å². The Balaban J connectivity index is 2.84. The first-order valence-corrected chi connectivity index (χ1v) is 10.2. The Morgan fingerprint density at radius 3 is 1.32 bits per heavy atom. The smallest absolute Gasteiger partial charge is 0.177 e. The highest BCUT2D eigenvalue weighted by Crippen LogP contribution is 2.43. The van der Waals surface area contributed by atoms with E-state index in [1.165, 1.54) is 0 Å². The Labute approximate surface area is 142 Å².